The molecule has 0 unspecified atom stereocenters. The fraction of sp³-hybridized carbons (Fsp3) is 0.458. The number of hydrogen-bond acceptors (Lipinski definition) is 5. The molecule has 5 rings (SSSR count). The van der Waals surface area contributed by atoms with E-state index in [1.165, 1.54) is 12.1 Å². The summed E-state index contributed by atoms with van der Waals surface area (Å²) in [5, 5.41) is 4.48. The Morgan fingerprint density at radius 3 is 2.75 bits per heavy atom. The highest BCUT2D eigenvalue weighted by Gasteiger charge is 2.39. The second-order valence-corrected chi connectivity index (χ2v) is 8.99. The average molecular weight is 440 g/mol. The third-order valence-electron chi connectivity index (χ3n) is 6.81. The number of carbonyl (C=O) groups is 1. The van der Waals surface area contributed by atoms with E-state index in [2.05, 4.69) is 23.5 Å². The Kier molecular flexibility index (Phi) is 5.51. The molecule has 1 aromatic carbocycles. The molecule has 0 bridgehead atoms. The first-order valence-electron chi connectivity index (χ1n) is 11.1. The van der Waals surface area contributed by atoms with Gasteiger partial charge in [0.05, 0.1) is 23.5 Å². The number of Topliss-reactive ketones (excluding diaryl/α,β-unsaturated/α-hetero) is 1. The van der Waals surface area contributed by atoms with Crippen LogP contribution in [-0.4, -0.2) is 52.5 Å². The maximum Gasteiger partial charge on any atom is 0.199 e. The maximum absolute atomic E-state index is 14.1. The normalized spacial score (nSPS) is 24.7. The lowest BCUT2D eigenvalue weighted by Gasteiger charge is -2.26. The van der Waals surface area contributed by atoms with Crippen molar-refractivity contribution in [3.8, 4) is 0 Å². The summed E-state index contributed by atoms with van der Waals surface area (Å²) in [6.45, 7) is 9.24. The van der Waals surface area contributed by atoms with E-state index in [9.17, 15) is 13.6 Å². The minimum Gasteiger partial charge on any atom is -0.381 e. The van der Waals surface area contributed by atoms with Crippen LogP contribution in [0.3, 0.4) is 0 Å². The van der Waals surface area contributed by atoms with Crippen molar-refractivity contribution < 1.29 is 18.3 Å². The van der Waals surface area contributed by atoms with E-state index in [-0.39, 0.29) is 23.7 Å². The van der Waals surface area contributed by atoms with E-state index < -0.39 is 11.6 Å². The molecule has 0 saturated carbocycles. The molecule has 6 nitrogen and oxygen atoms in total. The number of halogens is 2. The van der Waals surface area contributed by atoms with Crippen LogP contribution in [-0.2, 0) is 11.3 Å². The van der Waals surface area contributed by atoms with Gasteiger partial charge in [0.25, 0.3) is 0 Å². The summed E-state index contributed by atoms with van der Waals surface area (Å²) in [4.78, 5) is 20.1. The van der Waals surface area contributed by atoms with E-state index in [1.54, 1.807) is 6.20 Å². The van der Waals surface area contributed by atoms with Crippen molar-refractivity contribution in [3.05, 3.63) is 59.3 Å². The van der Waals surface area contributed by atoms with Gasteiger partial charge in [0.2, 0.25) is 0 Å². The number of allylic oxidation sites excluding steroid dienone is 1. The third kappa shape index (κ3) is 3.71. The molecule has 2 saturated heterocycles. The summed E-state index contributed by atoms with van der Waals surface area (Å²) in [5.41, 5.74) is 2.07. The van der Waals surface area contributed by atoms with Gasteiger partial charge in [-0.25, -0.2) is 18.5 Å². The first kappa shape index (κ1) is 21.2. The van der Waals surface area contributed by atoms with E-state index in [1.807, 2.05) is 4.68 Å². The first-order chi connectivity index (χ1) is 15.4. The van der Waals surface area contributed by atoms with Gasteiger partial charge in [-0.15, -0.1) is 0 Å². The molecule has 3 aliphatic rings. The van der Waals surface area contributed by atoms with Crippen LogP contribution in [0, 0.1) is 23.5 Å². The van der Waals surface area contributed by atoms with Crippen LogP contribution in [0.5, 0.6) is 0 Å². The predicted octanol–water partition coefficient (Wildman–Crippen LogP) is 4.11. The minimum absolute atomic E-state index is 0.00106. The van der Waals surface area contributed by atoms with Crippen molar-refractivity contribution in [2.24, 2.45) is 16.8 Å². The van der Waals surface area contributed by atoms with Gasteiger partial charge in [-0.2, -0.15) is 5.10 Å². The van der Waals surface area contributed by atoms with E-state index in [0.717, 1.165) is 25.5 Å². The molecule has 4 heterocycles. The first-order valence-corrected chi connectivity index (χ1v) is 11.1. The van der Waals surface area contributed by atoms with Crippen LogP contribution in [0.4, 0.5) is 14.6 Å². The second kappa shape index (κ2) is 8.33. The predicted molar refractivity (Wildman–Crippen MR) is 116 cm³/mol. The molecule has 3 aliphatic heterocycles. The molecule has 8 heteroatoms. The lowest BCUT2D eigenvalue weighted by Crippen LogP contribution is -2.29. The Labute approximate surface area is 185 Å². The van der Waals surface area contributed by atoms with Crippen LogP contribution < -0.4 is 0 Å². The minimum atomic E-state index is -0.581. The molecule has 2 atom stereocenters. The molecular weight excluding hydrogens is 414 g/mol. The van der Waals surface area contributed by atoms with Gasteiger partial charge in [-0.3, -0.25) is 9.69 Å². The van der Waals surface area contributed by atoms with Gasteiger partial charge in [0, 0.05) is 56.0 Å². The molecule has 32 heavy (non-hydrogen) atoms. The number of benzene rings is 1. The zero-order valence-electron chi connectivity index (χ0n) is 18.1. The second-order valence-electron chi connectivity index (χ2n) is 8.99. The standard InChI is InChI=1S/C24H26F2N4O2/c1-14-11-29(12-16-3-4-17(25)9-21(16)26)13-20(14)22-15(2)23(31)19-10-27-30(24(19)28-22)18-5-7-32-8-6-18/h3-4,9-10,14,18,20H,2,5-8,11-13H2,1H3/t14-,20-/m1/s1. The Morgan fingerprint density at radius 2 is 2.00 bits per heavy atom. The summed E-state index contributed by atoms with van der Waals surface area (Å²) >= 11 is 0. The van der Waals surface area contributed by atoms with Crippen LogP contribution in [0.15, 0.2) is 41.5 Å². The van der Waals surface area contributed by atoms with Crippen molar-refractivity contribution >= 4 is 17.3 Å². The van der Waals surface area contributed by atoms with E-state index >= 15 is 0 Å². The largest absolute Gasteiger partial charge is 0.381 e. The zero-order valence-corrected chi connectivity index (χ0v) is 18.1. The number of fused-ring (bicyclic) bond motifs is 1. The van der Waals surface area contributed by atoms with E-state index in [4.69, 9.17) is 9.73 Å². The monoisotopic (exact) mass is 440 g/mol. The van der Waals surface area contributed by atoms with Crippen LogP contribution in [0.1, 0.15) is 41.7 Å². The van der Waals surface area contributed by atoms with Gasteiger partial charge in [-0.05, 0) is 24.8 Å². The van der Waals surface area contributed by atoms with E-state index in [0.29, 0.717) is 54.5 Å². The van der Waals surface area contributed by atoms with Crippen molar-refractivity contribution in [3.63, 3.8) is 0 Å². The fourth-order valence-electron chi connectivity index (χ4n) is 5.03. The number of ether oxygens (including phenoxy) is 1. The molecular formula is C24H26F2N4O2. The molecule has 0 radical (unpaired) electrons. The summed E-state index contributed by atoms with van der Waals surface area (Å²) in [5.74, 6) is -0.426. The molecule has 168 valence electrons. The molecule has 0 N–H and O–H groups in total. The Hall–Kier alpha value is -2.71. The lowest BCUT2D eigenvalue weighted by molar-refractivity contribution is 0.0667. The quantitative estimate of drug-likeness (QED) is 0.672. The number of hydrogen-bond donors (Lipinski definition) is 0. The van der Waals surface area contributed by atoms with Crippen molar-refractivity contribution in [1.29, 1.82) is 0 Å². The zero-order chi connectivity index (χ0) is 22.4. The Bertz CT molecular complexity index is 1100. The summed E-state index contributed by atoms with van der Waals surface area (Å²) < 4.78 is 34.7. The molecule has 2 aromatic rings. The van der Waals surface area contributed by atoms with Gasteiger partial charge < -0.3 is 4.74 Å². The number of ketones is 1. The van der Waals surface area contributed by atoms with Gasteiger partial charge in [-0.1, -0.05) is 19.6 Å². The maximum atomic E-state index is 14.1. The Morgan fingerprint density at radius 1 is 1.22 bits per heavy atom. The van der Waals surface area contributed by atoms with Crippen LogP contribution in [0.2, 0.25) is 0 Å². The fourth-order valence-corrected chi connectivity index (χ4v) is 5.03. The third-order valence-corrected chi connectivity index (χ3v) is 6.81. The van der Waals surface area contributed by atoms with Gasteiger partial charge >= 0.3 is 0 Å². The number of likely N-dealkylation sites (tertiary alicyclic amines) is 1. The molecule has 0 amide bonds. The molecule has 2 fully saturated rings. The van der Waals surface area contributed by atoms with Crippen molar-refractivity contribution in [2.45, 2.75) is 32.4 Å². The summed E-state index contributed by atoms with van der Waals surface area (Å²) in [7, 11) is 0. The molecule has 0 aliphatic carbocycles. The van der Waals surface area contributed by atoms with Gasteiger partial charge in [0.1, 0.15) is 11.6 Å². The number of rotatable bonds is 4. The number of nitrogens with zero attached hydrogens (tertiary/aromatic N) is 4. The Balaban J connectivity index is 1.41. The summed E-state index contributed by atoms with van der Waals surface area (Å²) in [6, 6.07) is 3.84. The molecule has 1 aromatic heterocycles. The highest BCUT2D eigenvalue weighted by Crippen LogP contribution is 2.37. The number of aliphatic imine (C=N–C) groups is 1. The van der Waals surface area contributed by atoms with Crippen LogP contribution >= 0.6 is 0 Å². The smallest absolute Gasteiger partial charge is 0.199 e. The molecule has 0 spiro atoms. The highest BCUT2D eigenvalue weighted by atomic mass is 19.1. The van der Waals surface area contributed by atoms with Crippen LogP contribution in [0.25, 0.3) is 0 Å². The SMILES string of the molecule is C=C1C(=O)c2cnn(C3CCOCC3)c2N=C1[C@@H]1CN(Cc2ccc(F)cc2F)C[C@H]1C. The lowest BCUT2D eigenvalue weighted by atomic mass is 9.85. The highest BCUT2D eigenvalue weighted by molar-refractivity contribution is 6.32. The van der Waals surface area contributed by atoms with Crippen molar-refractivity contribution in [2.75, 3.05) is 26.3 Å². The summed E-state index contributed by atoms with van der Waals surface area (Å²) in [6.07, 6.45) is 3.27. The van der Waals surface area contributed by atoms with Crippen molar-refractivity contribution in [1.82, 2.24) is 14.7 Å². The topological polar surface area (TPSA) is 59.7 Å². The number of carbonyl (C=O) groups excluding carboxylic acids is 1. The van der Waals surface area contributed by atoms with Gasteiger partial charge in [0.15, 0.2) is 11.6 Å². The number of aromatic nitrogens is 2. The average Bonchev–Trinajstić information content (AvgIpc) is 3.36.